The molecule has 2 N–H and O–H groups in total. The lowest BCUT2D eigenvalue weighted by molar-refractivity contribution is -0.144. The number of ether oxygens (including phenoxy) is 1. The number of aliphatic imine (C=N–C) groups is 1. The summed E-state index contributed by atoms with van der Waals surface area (Å²) in [5, 5.41) is 6.40. The number of esters is 1. The Bertz CT molecular complexity index is 532. The maximum Gasteiger partial charge on any atom is 0.310 e. The molecular weight excluding hydrogens is 298 g/mol. The number of thioether (sulfide) groups is 1. The number of hydrogen-bond donors (Lipinski definition) is 2. The van der Waals surface area contributed by atoms with Gasteiger partial charge in [0, 0.05) is 25.0 Å². The average Bonchev–Trinajstić information content (AvgIpc) is 2.54. The van der Waals surface area contributed by atoms with E-state index in [0.29, 0.717) is 19.0 Å². The minimum atomic E-state index is -0.230. The van der Waals surface area contributed by atoms with Crippen molar-refractivity contribution in [1.82, 2.24) is 10.6 Å². The van der Waals surface area contributed by atoms with Gasteiger partial charge in [0.25, 0.3) is 0 Å². The molecule has 0 saturated carbocycles. The fourth-order valence-corrected chi connectivity index (χ4v) is 2.64. The molecule has 22 heavy (non-hydrogen) atoms. The van der Waals surface area contributed by atoms with Gasteiger partial charge in [-0.3, -0.25) is 9.79 Å². The van der Waals surface area contributed by atoms with E-state index in [9.17, 15) is 4.79 Å². The number of nitrogens with zero attached hydrogens (tertiary/aromatic N) is 1. The summed E-state index contributed by atoms with van der Waals surface area (Å²) >= 11 is 1.73. The van der Waals surface area contributed by atoms with E-state index >= 15 is 0 Å². The highest BCUT2D eigenvalue weighted by atomic mass is 32.2. The molecule has 1 atom stereocenters. The Morgan fingerprint density at radius 2 is 2.14 bits per heavy atom. The maximum absolute atomic E-state index is 11.4. The fraction of sp³-hybridized carbons (Fsp3) is 0.500. The van der Waals surface area contributed by atoms with Crippen molar-refractivity contribution in [3.8, 4) is 0 Å². The van der Waals surface area contributed by atoms with Gasteiger partial charge in [-0.05, 0) is 30.4 Å². The van der Waals surface area contributed by atoms with E-state index < -0.39 is 0 Å². The zero-order valence-electron chi connectivity index (χ0n) is 13.9. The molecule has 0 aliphatic rings. The third-order valence-electron chi connectivity index (χ3n) is 3.29. The first kappa shape index (κ1) is 18.4. The van der Waals surface area contributed by atoms with Gasteiger partial charge in [-0.1, -0.05) is 19.1 Å². The first-order valence-corrected chi connectivity index (χ1v) is 8.40. The topological polar surface area (TPSA) is 62.7 Å². The normalized spacial score (nSPS) is 12.7. The lowest BCUT2D eigenvalue weighted by atomic mass is 10.1. The molecule has 1 aromatic rings. The minimum absolute atomic E-state index is 0.218. The van der Waals surface area contributed by atoms with Crippen LogP contribution in [0.4, 0.5) is 0 Å². The Balaban J connectivity index is 2.56. The van der Waals surface area contributed by atoms with Crippen molar-refractivity contribution in [2.75, 3.05) is 27.0 Å². The fourth-order valence-electron chi connectivity index (χ4n) is 1.93. The van der Waals surface area contributed by atoms with Gasteiger partial charge >= 0.3 is 5.97 Å². The van der Waals surface area contributed by atoms with Crippen LogP contribution in [0.15, 0.2) is 28.1 Å². The van der Waals surface area contributed by atoms with Crippen LogP contribution >= 0.6 is 11.8 Å². The van der Waals surface area contributed by atoms with Crippen LogP contribution in [0, 0.1) is 12.8 Å². The number of carbonyl (C=O) groups is 1. The molecular formula is C16H25N3O2S. The predicted octanol–water partition coefficient (Wildman–Crippen LogP) is 2.19. The van der Waals surface area contributed by atoms with Crippen LogP contribution in [0.5, 0.6) is 0 Å². The molecule has 0 spiro atoms. The van der Waals surface area contributed by atoms with Crippen molar-refractivity contribution < 1.29 is 9.53 Å². The standard InChI is InChI=1S/C16H25N3O2S/c1-11-6-7-13(14(8-11)22-5)10-19-16(17-3)18-9-12(2)15(20)21-4/h6-8,12H,9-10H2,1-5H3,(H2,17,18,19). The summed E-state index contributed by atoms with van der Waals surface area (Å²) in [7, 11) is 3.11. The van der Waals surface area contributed by atoms with Crippen LogP contribution < -0.4 is 10.6 Å². The zero-order chi connectivity index (χ0) is 16.5. The molecule has 1 aromatic carbocycles. The molecule has 1 unspecified atom stereocenters. The van der Waals surface area contributed by atoms with Crippen LogP contribution in [0.1, 0.15) is 18.1 Å². The molecule has 0 bridgehead atoms. The summed E-state index contributed by atoms with van der Waals surface area (Å²) in [6.07, 6.45) is 2.07. The Morgan fingerprint density at radius 1 is 1.41 bits per heavy atom. The molecule has 0 aromatic heterocycles. The maximum atomic E-state index is 11.4. The molecule has 6 heteroatoms. The Morgan fingerprint density at radius 3 is 2.73 bits per heavy atom. The monoisotopic (exact) mass is 323 g/mol. The second-order valence-electron chi connectivity index (χ2n) is 5.05. The number of benzene rings is 1. The Hall–Kier alpha value is -1.69. The third-order valence-corrected chi connectivity index (χ3v) is 4.11. The zero-order valence-corrected chi connectivity index (χ0v) is 14.7. The molecule has 0 aliphatic carbocycles. The second kappa shape index (κ2) is 9.35. The van der Waals surface area contributed by atoms with Crippen molar-refractivity contribution in [2.45, 2.75) is 25.3 Å². The van der Waals surface area contributed by atoms with Crippen molar-refractivity contribution in [3.63, 3.8) is 0 Å². The number of guanidine groups is 1. The van der Waals surface area contributed by atoms with Gasteiger partial charge in [-0.25, -0.2) is 0 Å². The molecule has 122 valence electrons. The minimum Gasteiger partial charge on any atom is -0.469 e. The number of hydrogen-bond acceptors (Lipinski definition) is 4. The van der Waals surface area contributed by atoms with Crippen LogP contribution in [0.2, 0.25) is 0 Å². The van der Waals surface area contributed by atoms with Gasteiger partial charge < -0.3 is 15.4 Å². The summed E-state index contributed by atoms with van der Waals surface area (Å²) in [5.41, 5.74) is 2.48. The van der Waals surface area contributed by atoms with Crippen LogP contribution in [-0.4, -0.2) is 38.9 Å². The second-order valence-corrected chi connectivity index (χ2v) is 5.89. The van der Waals surface area contributed by atoms with E-state index in [2.05, 4.69) is 47.0 Å². The largest absolute Gasteiger partial charge is 0.469 e. The van der Waals surface area contributed by atoms with Crippen LogP contribution in [0.25, 0.3) is 0 Å². The first-order valence-electron chi connectivity index (χ1n) is 7.17. The van der Waals surface area contributed by atoms with E-state index in [4.69, 9.17) is 4.74 Å². The van der Waals surface area contributed by atoms with Crippen LogP contribution in [-0.2, 0) is 16.1 Å². The van der Waals surface area contributed by atoms with Gasteiger partial charge in [0.15, 0.2) is 5.96 Å². The van der Waals surface area contributed by atoms with Gasteiger partial charge in [0.2, 0.25) is 0 Å². The number of aryl methyl sites for hydroxylation is 1. The quantitative estimate of drug-likeness (QED) is 0.364. The van der Waals surface area contributed by atoms with Gasteiger partial charge in [-0.2, -0.15) is 0 Å². The lowest BCUT2D eigenvalue weighted by Gasteiger charge is -2.16. The van der Waals surface area contributed by atoms with Crippen molar-refractivity contribution in [2.24, 2.45) is 10.9 Å². The summed E-state index contributed by atoms with van der Waals surface area (Å²) in [6.45, 7) is 5.07. The number of methoxy groups -OCH3 is 1. The van der Waals surface area contributed by atoms with E-state index in [0.717, 1.165) is 0 Å². The molecule has 0 saturated heterocycles. The third kappa shape index (κ3) is 5.60. The van der Waals surface area contributed by atoms with Crippen molar-refractivity contribution in [3.05, 3.63) is 29.3 Å². The van der Waals surface area contributed by atoms with Crippen LogP contribution in [0.3, 0.4) is 0 Å². The average molecular weight is 323 g/mol. The lowest BCUT2D eigenvalue weighted by Crippen LogP contribution is -2.40. The smallest absolute Gasteiger partial charge is 0.310 e. The van der Waals surface area contributed by atoms with E-state index in [-0.39, 0.29) is 11.9 Å². The molecule has 0 heterocycles. The van der Waals surface area contributed by atoms with Gasteiger partial charge in [-0.15, -0.1) is 11.8 Å². The molecule has 0 amide bonds. The Labute approximate surface area is 136 Å². The summed E-state index contributed by atoms with van der Waals surface area (Å²) in [5.74, 6) is 0.222. The summed E-state index contributed by atoms with van der Waals surface area (Å²) < 4.78 is 4.71. The summed E-state index contributed by atoms with van der Waals surface area (Å²) in [6, 6.07) is 6.40. The highest BCUT2D eigenvalue weighted by Crippen LogP contribution is 2.21. The number of rotatable bonds is 6. The molecule has 1 rings (SSSR count). The van der Waals surface area contributed by atoms with Gasteiger partial charge in [0.1, 0.15) is 0 Å². The molecule has 0 radical (unpaired) electrons. The SMILES string of the molecule is CN=C(NCc1ccc(C)cc1SC)NCC(C)C(=O)OC. The Kier molecular flexibility index (Phi) is 7.80. The highest BCUT2D eigenvalue weighted by Gasteiger charge is 2.13. The first-order chi connectivity index (χ1) is 10.5. The molecule has 0 aliphatic heterocycles. The number of nitrogens with one attached hydrogen (secondary N) is 2. The van der Waals surface area contributed by atoms with Crippen molar-refractivity contribution >= 4 is 23.7 Å². The van der Waals surface area contributed by atoms with E-state index in [1.54, 1.807) is 18.8 Å². The van der Waals surface area contributed by atoms with Gasteiger partial charge in [0.05, 0.1) is 13.0 Å². The van der Waals surface area contributed by atoms with E-state index in [1.165, 1.54) is 23.1 Å². The summed E-state index contributed by atoms with van der Waals surface area (Å²) in [4.78, 5) is 16.8. The predicted molar refractivity (Wildman–Crippen MR) is 92.3 cm³/mol. The molecule has 5 nitrogen and oxygen atoms in total. The molecule has 0 fully saturated rings. The van der Waals surface area contributed by atoms with E-state index in [1.807, 2.05) is 6.92 Å². The van der Waals surface area contributed by atoms with Crippen molar-refractivity contribution in [1.29, 1.82) is 0 Å². The number of carbonyl (C=O) groups excluding carboxylic acids is 1. The highest BCUT2D eigenvalue weighted by molar-refractivity contribution is 7.98.